The molecule has 0 amide bonds. The summed E-state index contributed by atoms with van der Waals surface area (Å²) in [6.07, 6.45) is 4.71. The molecule has 1 aliphatic heterocycles. The SMILES string of the molecule is c1ncc(OC2CCNC2)[nH]1. The number of H-pyrrole nitrogens is 1. The Kier molecular flexibility index (Phi) is 1.77. The molecule has 1 aromatic heterocycles. The molecule has 0 aromatic carbocycles. The van der Waals surface area contributed by atoms with Gasteiger partial charge in [-0.1, -0.05) is 0 Å². The molecular weight excluding hydrogens is 142 g/mol. The van der Waals surface area contributed by atoms with Crippen molar-refractivity contribution < 1.29 is 4.74 Å². The molecule has 0 radical (unpaired) electrons. The molecule has 0 bridgehead atoms. The van der Waals surface area contributed by atoms with Crippen LogP contribution in [-0.2, 0) is 0 Å². The van der Waals surface area contributed by atoms with Gasteiger partial charge in [-0.25, -0.2) is 4.98 Å². The Labute approximate surface area is 65.0 Å². The molecule has 0 spiro atoms. The molecule has 1 unspecified atom stereocenters. The van der Waals surface area contributed by atoms with Crippen LogP contribution in [0.3, 0.4) is 0 Å². The first-order valence-electron chi connectivity index (χ1n) is 3.81. The highest BCUT2D eigenvalue weighted by Crippen LogP contribution is 2.09. The molecule has 0 aliphatic carbocycles. The van der Waals surface area contributed by atoms with E-state index in [1.807, 2.05) is 0 Å². The van der Waals surface area contributed by atoms with Gasteiger partial charge in [-0.05, 0) is 13.0 Å². The van der Waals surface area contributed by atoms with Gasteiger partial charge in [0, 0.05) is 6.54 Å². The van der Waals surface area contributed by atoms with Crippen LogP contribution in [0, 0.1) is 0 Å². The van der Waals surface area contributed by atoms with Crippen LogP contribution in [0.4, 0.5) is 0 Å². The van der Waals surface area contributed by atoms with Crippen molar-refractivity contribution in [2.24, 2.45) is 0 Å². The van der Waals surface area contributed by atoms with E-state index in [1.165, 1.54) is 0 Å². The molecule has 1 aromatic rings. The average Bonchev–Trinajstić information content (AvgIpc) is 2.60. The number of imidazole rings is 1. The number of hydrogen-bond donors (Lipinski definition) is 2. The van der Waals surface area contributed by atoms with E-state index in [1.54, 1.807) is 12.5 Å². The fourth-order valence-corrected chi connectivity index (χ4v) is 1.22. The summed E-state index contributed by atoms with van der Waals surface area (Å²) in [4.78, 5) is 6.77. The topological polar surface area (TPSA) is 49.9 Å². The molecule has 4 nitrogen and oxygen atoms in total. The predicted octanol–water partition coefficient (Wildman–Crippen LogP) is 0.150. The van der Waals surface area contributed by atoms with Crippen LogP contribution in [0.15, 0.2) is 12.5 Å². The first-order valence-corrected chi connectivity index (χ1v) is 3.81. The molecule has 1 atom stereocenters. The third-order valence-electron chi connectivity index (χ3n) is 1.78. The van der Waals surface area contributed by atoms with Gasteiger partial charge in [0.15, 0.2) is 0 Å². The number of ether oxygens (including phenoxy) is 1. The Balaban J connectivity index is 1.90. The normalized spacial score (nSPS) is 23.8. The smallest absolute Gasteiger partial charge is 0.211 e. The highest BCUT2D eigenvalue weighted by Gasteiger charge is 2.15. The van der Waals surface area contributed by atoms with Gasteiger partial charge in [-0.3, -0.25) is 0 Å². The van der Waals surface area contributed by atoms with Crippen LogP contribution in [0.5, 0.6) is 5.88 Å². The minimum atomic E-state index is 0.315. The molecular formula is C7H11N3O. The van der Waals surface area contributed by atoms with Crippen LogP contribution >= 0.6 is 0 Å². The molecule has 1 saturated heterocycles. The van der Waals surface area contributed by atoms with Gasteiger partial charge in [0.25, 0.3) is 0 Å². The van der Waals surface area contributed by atoms with E-state index in [9.17, 15) is 0 Å². The number of aromatic nitrogens is 2. The molecule has 1 fully saturated rings. The second kappa shape index (κ2) is 2.92. The molecule has 2 rings (SSSR count). The van der Waals surface area contributed by atoms with E-state index >= 15 is 0 Å². The van der Waals surface area contributed by atoms with E-state index in [0.717, 1.165) is 25.4 Å². The Bertz CT molecular complexity index is 203. The summed E-state index contributed by atoms with van der Waals surface area (Å²) in [6.45, 7) is 2.00. The monoisotopic (exact) mass is 153 g/mol. The van der Waals surface area contributed by atoms with Gasteiger partial charge in [0.05, 0.1) is 12.5 Å². The van der Waals surface area contributed by atoms with Crippen LogP contribution in [0.25, 0.3) is 0 Å². The van der Waals surface area contributed by atoms with Crippen LogP contribution in [-0.4, -0.2) is 29.2 Å². The third-order valence-corrected chi connectivity index (χ3v) is 1.78. The Hall–Kier alpha value is -1.03. The predicted molar refractivity (Wildman–Crippen MR) is 40.5 cm³/mol. The maximum Gasteiger partial charge on any atom is 0.211 e. The molecule has 1 aliphatic rings. The fourth-order valence-electron chi connectivity index (χ4n) is 1.22. The van der Waals surface area contributed by atoms with Gasteiger partial charge in [-0.15, -0.1) is 0 Å². The van der Waals surface area contributed by atoms with Crippen LogP contribution in [0.2, 0.25) is 0 Å². The summed E-state index contributed by atoms with van der Waals surface area (Å²) in [5.74, 6) is 0.763. The molecule has 0 saturated carbocycles. The summed E-state index contributed by atoms with van der Waals surface area (Å²) in [5.41, 5.74) is 0. The first-order chi connectivity index (χ1) is 5.45. The molecule has 11 heavy (non-hydrogen) atoms. The number of aromatic amines is 1. The zero-order valence-corrected chi connectivity index (χ0v) is 6.21. The van der Waals surface area contributed by atoms with Crippen LogP contribution < -0.4 is 10.1 Å². The molecule has 2 heterocycles. The van der Waals surface area contributed by atoms with Crippen molar-refractivity contribution >= 4 is 0 Å². The number of hydrogen-bond acceptors (Lipinski definition) is 3. The summed E-state index contributed by atoms with van der Waals surface area (Å²) in [5, 5.41) is 3.23. The molecule has 4 heteroatoms. The van der Waals surface area contributed by atoms with Gasteiger partial charge in [0.1, 0.15) is 6.10 Å². The second-order valence-corrected chi connectivity index (χ2v) is 2.65. The van der Waals surface area contributed by atoms with E-state index in [2.05, 4.69) is 15.3 Å². The highest BCUT2D eigenvalue weighted by molar-refractivity contribution is 5.02. The average molecular weight is 153 g/mol. The molecule has 60 valence electrons. The van der Waals surface area contributed by atoms with E-state index < -0.39 is 0 Å². The minimum absolute atomic E-state index is 0.315. The van der Waals surface area contributed by atoms with Crippen LogP contribution in [0.1, 0.15) is 6.42 Å². The Morgan fingerprint density at radius 3 is 3.27 bits per heavy atom. The number of nitrogens with zero attached hydrogens (tertiary/aromatic N) is 1. The van der Waals surface area contributed by atoms with Gasteiger partial charge >= 0.3 is 0 Å². The van der Waals surface area contributed by atoms with E-state index in [0.29, 0.717) is 6.10 Å². The summed E-state index contributed by atoms with van der Waals surface area (Å²) in [7, 11) is 0. The van der Waals surface area contributed by atoms with E-state index in [-0.39, 0.29) is 0 Å². The quantitative estimate of drug-likeness (QED) is 0.636. The maximum atomic E-state index is 5.53. The molecule has 2 N–H and O–H groups in total. The Morgan fingerprint density at radius 2 is 2.64 bits per heavy atom. The van der Waals surface area contributed by atoms with Crippen molar-refractivity contribution in [2.45, 2.75) is 12.5 Å². The van der Waals surface area contributed by atoms with E-state index in [4.69, 9.17) is 4.74 Å². The number of nitrogens with one attached hydrogen (secondary N) is 2. The largest absolute Gasteiger partial charge is 0.473 e. The zero-order chi connectivity index (χ0) is 7.52. The lowest BCUT2D eigenvalue weighted by molar-refractivity contribution is 0.215. The summed E-state index contributed by atoms with van der Waals surface area (Å²) in [6, 6.07) is 0. The van der Waals surface area contributed by atoms with Crippen molar-refractivity contribution in [1.29, 1.82) is 0 Å². The lowest BCUT2D eigenvalue weighted by Gasteiger charge is -2.08. The van der Waals surface area contributed by atoms with Gasteiger partial charge in [0.2, 0.25) is 5.88 Å². The van der Waals surface area contributed by atoms with Crippen molar-refractivity contribution in [3.8, 4) is 5.88 Å². The standard InChI is InChI=1S/C7H11N3O/c1-2-8-3-6(1)11-7-4-9-5-10-7/h4-6,8H,1-3H2,(H,9,10). The van der Waals surface area contributed by atoms with Gasteiger partial charge < -0.3 is 15.0 Å². The third kappa shape index (κ3) is 1.51. The highest BCUT2D eigenvalue weighted by atomic mass is 16.5. The zero-order valence-electron chi connectivity index (χ0n) is 6.21. The number of rotatable bonds is 2. The lowest BCUT2D eigenvalue weighted by atomic mass is 10.3. The lowest BCUT2D eigenvalue weighted by Crippen LogP contribution is -2.19. The minimum Gasteiger partial charge on any atom is -0.473 e. The maximum absolute atomic E-state index is 5.53. The first kappa shape index (κ1) is 6.67. The fraction of sp³-hybridized carbons (Fsp3) is 0.571. The Morgan fingerprint density at radius 1 is 1.64 bits per heavy atom. The van der Waals surface area contributed by atoms with Crippen molar-refractivity contribution in [3.05, 3.63) is 12.5 Å². The van der Waals surface area contributed by atoms with Crippen molar-refractivity contribution in [3.63, 3.8) is 0 Å². The van der Waals surface area contributed by atoms with Crippen molar-refractivity contribution in [2.75, 3.05) is 13.1 Å². The second-order valence-electron chi connectivity index (χ2n) is 2.65. The van der Waals surface area contributed by atoms with Gasteiger partial charge in [-0.2, -0.15) is 0 Å². The summed E-state index contributed by atoms with van der Waals surface area (Å²) >= 11 is 0. The van der Waals surface area contributed by atoms with Crippen molar-refractivity contribution in [1.82, 2.24) is 15.3 Å². The summed E-state index contributed by atoms with van der Waals surface area (Å²) < 4.78 is 5.53.